The monoisotopic (exact) mass is 448 g/mol. The van der Waals surface area contributed by atoms with E-state index in [1.165, 1.54) is 56.3 Å². The Hall–Kier alpha value is -1.39. The highest BCUT2D eigenvalue weighted by atomic mass is 16.2. The fourth-order valence-corrected chi connectivity index (χ4v) is 6.31. The highest BCUT2D eigenvalue weighted by Crippen LogP contribution is 2.43. The predicted octanol–water partition coefficient (Wildman–Crippen LogP) is 6.24. The molecule has 2 aliphatic heterocycles. The predicted molar refractivity (Wildman–Crippen MR) is 130 cm³/mol. The maximum Gasteiger partial charge on any atom is 0.233 e. The molecule has 2 unspecified atom stereocenters. The number of carbonyl (C=O) groups excluding carboxylic acids is 3. The number of unbranched alkanes of at least 4 members (excludes halogenated alkanes) is 9. The molecule has 2 saturated heterocycles. The Morgan fingerprint density at radius 2 is 1.44 bits per heavy atom. The first-order valence-electron chi connectivity index (χ1n) is 13.2. The second-order valence-electron chi connectivity index (χ2n) is 11.3. The van der Waals surface area contributed by atoms with Gasteiger partial charge in [0.15, 0.2) is 0 Å². The summed E-state index contributed by atoms with van der Waals surface area (Å²) in [6.45, 7) is 12.0. The second kappa shape index (κ2) is 11.7. The molecule has 0 N–H and O–H groups in total. The molecule has 184 valence electrons. The van der Waals surface area contributed by atoms with E-state index in [1.54, 1.807) is 6.92 Å². The van der Waals surface area contributed by atoms with Gasteiger partial charge in [0, 0.05) is 24.8 Å². The van der Waals surface area contributed by atoms with E-state index in [-0.39, 0.29) is 35.2 Å². The summed E-state index contributed by atoms with van der Waals surface area (Å²) in [6, 6.07) is -0.239. The van der Waals surface area contributed by atoms with E-state index >= 15 is 0 Å². The van der Waals surface area contributed by atoms with Crippen molar-refractivity contribution in [3.05, 3.63) is 0 Å². The fraction of sp³-hybridized carbons (Fsp3) is 0.889. The van der Waals surface area contributed by atoms with E-state index in [9.17, 15) is 14.4 Å². The summed E-state index contributed by atoms with van der Waals surface area (Å²) in [4.78, 5) is 42.0. The highest BCUT2D eigenvalue weighted by Gasteiger charge is 2.54. The molecular formula is C27H48N2O3. The minimum Gasteiger partial charge on any atom is -0.331 e. The van der Waals surface area contributed by atoms with Crippen LogP contribution in [0.25, 0.3) is 0 Å². The van der Waals surface area contributed by atoms with Gasteiger partial charge in [-0.1, -0.05) is 71.1 Å². The molecule has 0 aromatic heterocycles. The van der Waals surface area contributed by atoms with Crippen molar-refractivity contribution >= 4 is 17.7 Å². The van der Waals surface area contributed by atoms with Crippen LogP contribution >= 0.6 is 0 Å². The van der Waals surface area contributed by atoms with Gasteiger partial charge in [-0.2, -0.15) is 0 Å². The van der Waals surface area contributed by atoms with Crippen molar-refractivity contribution in [2.24, 2.45) is 5.92 Å². The smallest absolute Gasteiger partial charge is 0.233 e. The molecule has 2 rings (SSSR count). The second-order valence-corrected chi connectivity index (χ2v) is 11.3. The zero-order valence-corrected chi connectivity index (χ0v) is 21.7. The first-order chi connectivity index (χ1) is 15.0. The quantitative estimate of drug-likeness (QED) is 0.262. The largest absolute Gasteiger partial charge is 0.331 e. The van der Waals surface area contributed by atoms with Crippen molar-refractivity contribution in [3.63, 3.8) is 0 Å². The molecule has 2 heterocycles. The number of rotatable bonds is 12. The van der Waals surface area contributed by atoms with Crippen LogP contribution in [0.1, 0.15) is 131 Å². The van der Waals surface area contributed by atoms with Crippen molar-refractivity contribution in [2.75, 3.05) is 0 Å². The molecule has 0 aliphatic carbocycles. The van der Waals surface area contributed by atoms with Crippen LogP contribution in [0.15, 0.2) is 0 Å². The molecule has 0 spiro atoms. The zero-order valence-electron chi connectivity index (χ0n) is 21.7. The third-order valence-electron chi connectivity index (χ3n) is 7.84. The maximum absolute atomic E-state index is 13.2. The van der Waals surface area contributed by atoms with Gasteiger partial charge in [0.05, 0.1) is 11.6 Å². The van der Waals surface area contributed by atoms with Gasteiger partial charge in [-0.3, -0.25) is 19.3 Å². The fourth-order valence-electron chi connectivity index (χ4n) is 6.31. The Balaban J connectivity index is 1.83. The average Bonchev–Trinajstić information content (AvgIpc) is 2.95. The van der Waals surface area contributed by atoms with Crippen molar-refractivity contribution in [1.82, 2.24) is 9.80 Å². The summed E-state index contributed by atoms with van der Waals surface area (Å²) in [6.07, 6.45) is 15.4. The van der Waals surface area contributed by atoms with E-state index < -0.39 is 5.54 Å². The third kappa shape index (κ3) is 6.35. The SMILES string of the molecule is CCCCCCCCCCCCC1CC(=O)N(C2CCC(C)(C)N(C(C)=O)C2(C)C)C1=O. The summed E-state index contributed by atoms with van der Waals surface area (Å²) in [7, 11) is 0. The van der Waals surface area contributed by atoms with Crippen LogP contribution in [0.3, 0.4) is 0 Å². The Labute approximate surface area is 196 Å². The van der Waals surface area contributed by atoms with Crippen LogP contribution in [-0.2, 0) is 14.4 Å². The van der Waals surface area contributed by atoms with Crippen LogP contribution in [-0.4, -0.2) is 44.6 Å². The van der Waals surface area contributed by atoms with Gasteiger partial charge in [-0.25, -0.2) is 0 Å². The molecule has 0 aromatic carbocycles. The average molecular weight is 449 g/mol. The first kappa shape index (κ1) is 26.9. The summed E-state index contributed by atoms with van der Waals surface area (Å²) in [5.41, 5.74) is -0.835. The molecule has 5 heteroatoms. The van der Waals surface area contributed by atoms with Gasteiger partial charge in [-0.05, 0) is 47.0 Å². The lowest BCUT2D eigenvalue weighted by molar-refractivity contribution is -0.163. The number of nitrogens with zero attached hydrogens (tertiary/aromatic N) is 2. The van der Waals surface area contributed by atoms with Gasteiger partial charge in [-0.15, -0.1) is 0 Å². The molecule has 3 amide bonds. The summed E-state index contributed by atoms with van der Waals surface area (Å²) in [5.74, 6) is -0.223. The molecule has 2 atom stereocenters. The summed E-state index contributed by atoms with van der Waals surface area (Å²) in [5, 5.41) is 0. The van der Waals surface area contributed by atoms with Crippen molar-refractivity contribution in [1.29, 1.82) is 0 Å². The maximum atomic E-state index is 13.2. The van der Waals surface area contributed by atoms with E-state index in [0.29, 0.717) is 6.42 Å². The first-order valence-corrected chi connectivity index (χ1v) is 13.2. The molecule has 0 aromatic rings. The van der Waals surface area contributed by atoms with Gasteiger partial charge >= 0.3 is 0 Å². The molecule has 2 aliphatic rings. The minimum atomic E-state index is -0.565. The summed E-state index contributed by atoms with van der Waals surface area (Å²) >= 11 is 0. The zero-order chi connectivity index (χ0) is 23.9. The van der Waals surface area contributed by atoms with Gasteiger partial charge in [0.2, 0.25) is 17.7 Å². The van der Waals surface area contributed by atoms with Crippen LogP contribution in [0, 0.1) is 5.92 Å². The molecule has 32 heavy (non-hydrogen) atoms. The number of carbonyl (C=O) groups is 3. The number of imide groups is 1. The third-order valence-corrected chi connectivity index (χ3v) is 7.84. The molecular weight excluding hydrogens is 400 g/mol. The number of hydrogen-bond donors (Lipinski definition) is 0. The van der Waals surface area contributed by atoms with Crippen LogP contribution in [0.4, 0.5) is 0 Å². The van der Waals surface area contributed by atoms with Crippen LogP contribution < -0.4 is 0 Å². The normalized spacial score (nSPS) is 24.9. The molecule has 0 bridgehead atoms. The molecule has 5 nitrogen and oxygen atoms in total. The summed E-state index contributed by atoms with van der Waals surface area (Å²) < 4.78 is 0. The van der Waals surface area contributed by atoms with Crippen molar-refractivity contribution in [2.45, 2.75) is 149 Å². The number of likely N-dealkylation sites (tertiary alicyclic amines) is 2. The lowest BCUT2D eigenvalue weighted by Crippen LogP contribution is -2.70. The highest BCUT2D eigenvalue weighted by molar-refractivity contribution is 6.04. The van der Waals surface area contributed by atoms with Gasteiger partial charge in [0.25, 0.3) is 0 Å². The van der Waals surface area contributed by atoms with E-state index in [2.05, 4.69) is 20.8 Å². The topological polar surface area (TPSA) is 57.7 Å². The van der Waals surface area contributed by atoms with Crippen LogP contribution in [0.5, 0.6) is 0 Å². The lowest BCUT2D eigenvalue weighted by Gasteiger charge is -2.57. The number of hydrogen-bond acceptors (Lipinski definition) is 3. The Morgan fingerprint density at radius 3 is 1.97 bits per heavy atom. The Morgan fingerprint density at radius 1 is 0.906 bits per heavy atom. The lowest BCUT2D eigenvalue weighted by atomic mass is 9.75. The minimum absolute atomic E-state index is 0.00529. The standard InChI is InChI=1S/C27H48N2O3/c1-7-8-9-10-11-12-13-14-15-16-17-22-20-24(31)28(25(22)32)23-18-19-26(3,4)29(21(2)30)27(23,5)6/h22-23H,7-20H2,1-6H3. The van der Waals surface area contributed by atoms with Crippen molar-refractivity contribution < 1.29 is 14.4 Å². The number of piperidine rings is 1. The van der Waals surface area contributed by atoms with Crippen molar-refractivity contribution in [3.8, 4) is 0 Å². The van der Waals surface area contributed by atoms with E-state index in [0.717, 1.165) is 32.1 Å². The molecule has 0 saturated carbocycles. The number of amides is 3. The van der Waals surface area contributed by atoms with Gasteiger partial charge < -0.3 is 4.90 Å². The van der Waals surface area contributed by atoms with E-state index in [1.807, 2.05) is 18.7 Å². The van der Waals surface area contributed by atoms with Crippen LogP contribution in [0.2, 0.25) is 0 Å². The Bertz CT molecular complexity index is 655. The van der Waals surface area contributed by atoms with Gasteiger partial charge in [0.1, 0.15) is 0 Å². The molecule has 0 radical (unpaired) electrons. The molecule has 2 fully saturated rings. The van der Waals surface area contributed by atoms with E-state index in [4.69, 9.17) is 0 Å². The Kier molecular flexibility index (Phi) is 9.78.